The van der Waals surface area contributed by atoms with E-state index in [2.05, 4.69) is 9.46 Å². The zero-order chi connectivity index (χ0) is 22.7. The number of carbonyl (C=O) groups is 1. The van der Waals surface area contributed by atoms with Crippen LogP contribution >= 0.6 is 11.6 Å². The Balaban J connectivity index is 2.31. The lowest BCUT2D eigenvalue weighted by atomic mass is 10.1. The van der Waals surface area contributed by atoms with Crippen molar-refractivity contribution in [3.05, 3.63) is 58.6 Å². The highest BCUT2D eigenvalue weighted by Gasteiger charge is 2.32. The second kappa shape index (κ2) is 9.23. The summed E-state index contributed by atoms with van der Waals surface area (Å²) in [6.45, 7) is 3.07. The highest BCUT2D eigenvalue weighted by atomic mass is 35.5. The smallest absolute Gasteiger partial charge is 0.405 e. The molecule has 0 unspecified atom stereocenters. The van der Waals surface area contributed by atoms with Crippen LogP contribution in [0.15, 0.2) is 47.4 Å². The number of nitrogens with one attached hydrogen (secondary N) is 1. The third-order valence-corrected chi connectivity index (χ3v) is 5.81. The number of nitrogens with zero attached hydrogens (tertiary/aromatic N) is 1. The predicted molar refractivity (Wildman–Crippen MR) is 106 cm³/mol. The normalized spacial score (nSPS) is 12.1. The first-order valence-corrected chi connectivity index (χ1v) is 10.6. The van der Waals surface area contributed by atoms with Gasteiger partial charge in [-0.15, -0.1) is 13.2 Å². The summed E-state index contributed by atoms with van der Waals surface area (Å²) in [6, 6.07) is 8.71. The fourth-order valence-electron chi connectivity index (χ4n) is 2.61. The van der Waals surface area contributed by atoms with Crippen molar-refractivity contribution in [2.45, 2.75) is 37.7 Å². The zero-order valence-corrected chi connectivity index (χ0v) is 17.9. The standard InChI is InChI=1S/C19H20ClF3N2O4S/c1-12(2)24-30(27,28)14-8-9-16(20)15(10-14)18(26)25(3)11-13-6-4-5-7-17(13)29-19(21,22)23/h4-10,12,24H,11H2,1-3H3. The van der Waals surface area contributed by atoms with E-state index in [1.165, 1.54) is 37.4 Å². The summed E-state index contributed by atoms with van der Waals surface area (Å²) in [4.78, 5) is 13.8. The molecule has 0 heterocycles. The Morgan fingerprint density at radius 1 is 1.20 bits per heavy atom. The summed E-state index contributed by atoms with van der Waals surface area (Å²) in [5.41, 5.74) is 0.0204. The minimum absolute atomic E-state index is 0.00942. The number of hydrogen-bond acceptors (Lipinski definition) is 4. The monoisotopic (exact) mass is 464 g/mol. The lowest BCUT2D eigenvalue weighted by Crippen LogP contribution is -2.31. The summed E-state index contributed by atoms with van der Waals surface area (Å²) in [5.74, 6) is -1.10. The number of rotatable bonds is 7. The first kappa shape index (κ1) is 24.0. The quantitative estimate of drug-likeness (QED) is 0.666. The van der Waals surface area contributed by atoms with Gasteiger partial charge in [-0.05, 0) is 38.1 Å². The maximum atomic E-state index is 12.8. The molecular weight excluding hydrogens is 445 g/mol. The molecule has 0 spiro atoms. The van der Waals surface area contributed by atoms with Crippen LogP contribution in [-0.4, -0.2) is 38.7 Å². The number of amides is 1. The van der Waals surface area contributed by atoms with Gasteiger partial charge in [-0.1, -0.05) is 29.8 Å². The first-order valence-electron chi connectivity index (χ1n) is 8.71. The molecule has 6 nitrogen and oxygen atoms in total. The van der Waals surface area contributed by atoms with Crippen LogP contribution < -0.4 is 9.46 Å². The molecule has 0 radical (unpaired) electrons. The molecule has 2 aromatic rings. The van der Waals surface area contributed by atoms with Gasteiger partial charge in [0.25, 0.3) is 5.91 Å². The van der Waals surface area contributed by atoms with Crippen LogP contribution in [0.1, 0.15) is 29.8 Å². The number of para-hydroxylation sites is 1. The van der Waals surface area contributed by atoms with Gasteiger partial charge in [0.2, 0.25) is 10.0 Å². The molecule has 2 rings (SSSR count). The Labute approximate surface area is 177 Å². The van der Waals surface area contributed by atoms with Gasteiger partial charge in [-0.3, -0.25) is 4.79 Å². The van der Waals surface area contributed by atoms with Crippen LogP contribution in [0.5, 0.6) is 5.75 Å². The summed E-state index contributed by atoms with van der Waals surface area (Å²) in [6.07, 6.45) is -4.88. The van der Waals surface area contributed by atoms with Crippen LogP contribution in [-0.2, 0) is 16.6 Å². The van der Waals surface area contributed by atoms with E-state index in [0.29, 0.717) is 0 Å². The largest absolute Gasteiger partial charge is 0.573 e. The van der Waals surface area contributed by atoms with Gasteiger partial charge in [0.1, 0.15) is 5.75 Å². The fourth-order valence-corrected chi connectivity index (χ4v) is 4.08. The number of sulfonamides is 1. The Kier molecular flexibility index (Phi) is 7.38. The highest BCUT2D eigenvalue weighted by Crippen LogP contribution is 2.28. The van der Waals surface area contributed by atoms with Crippen LogP contribution in [0.25, 0.3) is 0 Å². The topological polar surface area (TPSA) is 75.7 Å². The molecule has 0 fully saturated rings. The number of alkyl halides is 3. The van der Waals surface area contributed by atoms with Crippen LogP contribution in [0.2, 0.25) is 5.02 Å². The molecule has 2 aromatic carbocycles. The number of ether oxygens (including phenoxy) is 1. The van der Waals surface area contributed by atoms with Crippen LogP contribution in [0.4, 0.5) is 13.2 Å². The minimum atomic E-state index is -4.88. The molecule has 0 saturated heterocycles. The Hall–Kier alpha value is -2.30. The molecule has 0 bridgehead atoms. The summed E-state index contributed by atoms with van der Waals surface area (Å²) in [5, 5.41) is 0.00942. The van der Waals surface area contributed by atoms with E-state index in [4.69, 9.17) is 11.6 Å². The van der Waals surface area contributed by atoms with E-state index in [1.807, 2.05) is 0 Å². The van der Waals surface area contributed by atoms with Crippen molar-refractivity contribution < 1.29 is 31.1 Å². The van der Waals surface area contributed by atoms with E-state index >= 15 is 0 Å². The molecule has 164 valence electrons. The summed E-state index contributed by atoms with van der Waals surface area (Å²) >= 11 is 6.08. The molecule has 0 atom stereocenters. The number of carbonyl (C=O) groups excluding carboxylic acids is 1. The molecule has 0 aliphatic heterocycles. The van der Waals surface area contributed by atoms with E-state index in [9.17, 15) is 26.4 Å². The Bertz CT molecular complexity index is 1030. The third kappa shape index (κ3) is 6.35. The second-order valence-corrected chi connectivity index (χ2v) is 8.86. The highest BCUT2D eigenvalue weighted by molar-refractivity contribution is 7.89. The number of benzene rings is 2. The molecule has 1 N–H and O–H groups in total. The maximum Gasteiger partial charge on any atom is 0.573 e. The maximum absolute atomic E-state index is 12.8. The SMILES string of the molecule is CC(C)NS(=O)(=O)c1ccc(Cl)c(C(=O)N(C)Cc2ccccc2OC(F)(F)F)c1. The zero-order valence-electron chi connectivity index (χ0n) is 16.3. The van der Waals surface area contributed by atoms with Gasteiger partial charge >= 0.3 is 6.36 Å². The Morgan fingerprint density at radius 3 is 2.43 bits per heavy atom. The summed E-state index contributed by atoms with van der Waals surface area (Å²) in [7, 11) is -2.51. The van der Waals surface area contributed by atoms with Gasteiger partial charge in [-0.2, -0.15) is 0 Å². The molecule has 0 aliphatic carbocycles. The average molecular weight is 465 g/mol. The average Bonchev–Trinajstić information content (AvgIpc) is 2.60. The molecule has 0 aliphatic rings. The summed E-state index contributed by atoms with van der Waals surface area (Å²) < 4.78 is 68.9. The second-order valence-electron chi connectivity index (χ2n) is 6.73. The molecule has 0 saturated carbocycles. The van der Waals surface area contributed by atoms with Gasteiger partial charge in [0.15, 0.2) is 0 Å². The van der Waals surface area contributed by atoms with E-state index in [-0.39, 0.29) is 33.6 Å². The number of hydrogen-bond donors (Lipinski definition) is 1. The van der Waals surface area contributed by atoms with Gasteiger partial charge in [0, 0.05) is 25.2 Å². The van der Waals surface area contributed by atoms with Crippen molar-refractivity contribution in [3.63, 3.8) is 0 Å². The third-order valence-electron chi connectivity index (χ3n) is 3.82. The van der Waals surface area contributed by atoms with Crippen LogP contribution in [0, 0.1) is 0 Å². The molecular formula is C19H20ClF3N2O4S. The van der Waals surface area contributed by atoms with E-state index in [1.54, 1.807) is 13.8 Å². The van der Waals surface area contributed by atoms with Crippen molar-refractivity contribution in [2.75, 3.05) is 7.05 Å². The lowest BCUT2D eigenvalue weighted by Gasteiger charge is -2.21. The van der Waals surface area contributed by atoms with E-state index < -0.39 is 28.0 Å². The Morgan fingerprint density at radius 2 is 1.83 bits per heavy atom. The predicted octanol–water partition coefficient (Wildman–Crippen LogP) is 4.20. The van der Waals surface area contributed by atoms with Crippen molar-refractivity contribution in [2.24, 2.45) is 0 Å². The van der Waals surface area contributed by atoms with Crippen molar-refractivity contribution in [3.8, 4) is 5.75 Å². The van der Waals surface area contributed by atoms with Gasteiger partial charge < -0.3 is 9.64 Å². The van der Waals surface area contributed by atoms with Gasteiger partial charge in [-0.25, -0.2) is 13.1 Å². The minimum Gasteiger partial charge on any atom is -0.405 e. The molecule has 11 heteroatoms. The fraction of sp³-hybridized carbons (Fsp3) is 0.316. The number of halogens is 4. The van der Waals surface area contributed by atoms with E-state index in [0.717, 1.165) is 17.0 Å². The van der Waals surface area contributed by atoms with Gasteiger partial charge in [0.05, 0.1) is 15.5 Å². The van der Waals surface area contributed by atoms with Crippen molar-refractivity contribution in [1.29, 1.82) is 0 Å². The lowest BCUT2D eigenvalue weighted by molar-refractivity contribution is -0.275. The van der Waals surface area contributed by atoms with Crippen molar-refractivity contribution in [1.82, 2.24) is 9.62 Å². The molecule has 0 aromatic heterocycles. The molecule has 30 heavy (non-hydrogen) atoms. The van der Waals surface area contributed by atoms with Crippen LogP contribution in [0.3, 0.4) is 0 Å². The molecule has 1 amide bonds. The first-order chi connectivity index (χ1) is 13.8. The van der Waals surface area contributed by atoms with Crippen molar-refractivity contribution >= 4 is 27.5 Å².